The van der Waals surface area contributed by atoms with Crippen molar-refractivity contribution >= 4 is 31.6 Å². The fourth-order valence-corrected chi connectivity index (χ4v) is 3.77. The van der Waals surface area contributed by atoms with Gasteiger partial charge in [0.15, 0.2) is 5.82 Å². The second-order valence-electron chi connectivity index (χ2n) is 4.61. The number of rotatable bonds is 4. The highest BCUT2D eigenvalue weighted by Gasteiger charge is 2.25. The van der Waals surface area contributed by atoms with Crippen molar-refractivity contribution in [2.24, 2.45) is 0 Å². The summed E-state index contributed by atoms with van der Waals surface area (Å²) in [5.41, 5.74) is 5.71. The Labute approximate surface area is 130 Å². The van der Waals surface area contributed by atoms with Crippen molar-refractivity contribution in [1.29, 1.82) is 0 Å². The quantitative estimate of drug-likeness (QED) is 0.802. The number of anilines is 1. The molecule has 0 saturated carbocycles. The first-order valence-corrected chi connectivity index (χ1v) is 8.31. The molecule has 1 heterocycles. The Morgan fingerprint density at radius 2 is 2.05 bits per heavy atom. The third kappa shape index (κ3) is 3.45. The number of sulfonamides is 1. The van der Waals surface area contributed by atoms with Crippen LogP contribution in [-0.2, 0) is 10.0 Å². The normalized spacial score (nSPS) is 13.3. The van der Waals surface area contributed by atoms with Gasteiger partial charge in [-0.25, -0.2) is 17.5 Å². The molecule has 1 atom stereocenters. The van der Waals surface area contributed by atoms with Crippen molar-refractivity contribution in [2.75, 3.05) is 5.73 Å². The number of nitrogens with two attached hydrogens (primary N) is 1. The topological polar surface area (TPSA) is 85.3 Å². The fourth-order valence-electron chi connectivity index (χ4n) is 1.82. The van der Waals surface area contributed by atoms with Gasteiger partial charge in [0.05, 0.1) is 10.5 Å². The summed E-state index contributed by atoms with van der Waals surface area (Å²) in [4.78, 5) is -0.510. The zero-order chi connectivity index (χ0) is 15.8. The molecule has 114 valence electrons. The number of hydrogen-bond acceptors (Lipinski definition) is 4. The molecule has 2 rings (SSSR count). The van der Waals surface area contributed by atoms with Crippen molar-refractivity contribution in [3.05, 3.63) is 46.1 Å². The molecule has 0 saturated heterocycles. The Morgan fingerprint density at radius 3 is 2.62 bits per heavy atom. The van der Waals surface area contributed by atoms with Gasteiger partial charge in [-0.2, -0.15) is 0 Å². The molecular weight excluding hydrogens is 363 g/mol. The average Bonchev–Trinajstić information content (AvgIpc) is 2.80. The lowest BCUT2D eigenvalue weighted by Gasteiger charge is -2.13. The first-order valence-electron chi connectivity index (χ1n) is 6.04. The zero-order valence-electron chi connectivity index (χ0n) is 11.4. The molecule has 0 aliphatic carbocycles. The predicted octanol–water partition coefficient (Wildman–Crippen LogP) is 3.11. The maximum Gasteiger partial charge on any atom is 0.244 e. The minimum absolute atomic E-state index is 0.00984. The lowest BCUT2D eigenvalue weighted by atomic mass is 10.3. The van der Waals surface area contributed by atoms with Crippen molar-refractivity contribution in [3.8, 4) is 0 Å². The highest BCUT2D eigenvalue weighted by Crippen LogP contribution is 2.27. The molecule has 0 aliphatic rings. The Morgan fingerprint density at radius 1 is 1.38 bits per heavy atom. The SMILES string of the molecule is Cc1ccc(C(C)NS(=O)(=O)c2cc(N)cc(Br)c2F)o1. The second kappa shape index (κ2) is 5.78. The van der Waals surface area contributed by atoms with E-state index in [1.807, 2.05) is 0 Å². The Balaban J connectivity index is 2.35. The molecule has 3 N–H and O–H groups in total. The van der Waals surface area contributed by atoms with E-state index in [0.29, 0.717) is 11.5 Å². The van der Waals surface area contributed by atoms with Gasteiger partial charge in [0.25, 0.3) is 0 Å². The van der Waals surface area contributed by atoms with Crippen LogP contribution in [0, 0.1) is 12.7 Å². The third-order valence-corrected chi connectivity index (χ3v) is 4.94. The molecule has 0 bridgehead atoms. The lowest BCUT2D eigenvalue weighted by Crippen LogP contribution is -2.27. The van der Waals surface area contributed by atoms with E-state index >= 15 is 0 Å². The predicted molar refractivity (Wildman–Crippen MR) is 80.7 cm³/mol. The fraction of sp³-hybridized carbons (Fsp3) is 0.231. The minimum atomic E-state index is -4.07. The van der Waals surface area contributed by atoms with Crippen molar-refractivity contribution in [2.45, 2.75) is 24.8 Å². The van der Waals surface area contributed by atoms with Gasteiger partial charge < -0.3 is 10.2 Å². The zero-order valence-corrected chi connectivity index (χ0v) is 13.8. The second-order valence-corrected chi connectivity index (χ2v) is 7.14. The van der Waals surface area contributed by atoms with Crippen molar-refractivity contribution in [1.82, 2.24) is 4.72 Å². The van der Waals surface area contributed by atoms with Crippen LogP contribution < -0.4 is 10.5 Å². The van der Waals surface area contributed by atoms with Crippen LogP contribution >= 0.6 is 15.9 Å². The maximum absolute atomic E-state index is 14.0. The molecule has 5 nitrogen and oxygen atoms in total. The van der Waals surface area contributed by atoms with Crippen LogP contribution in [0.15, 0.2) is 38.1 Å². The van der Waals surface area contributed by atoms with Crippen LogP contribution in [0.25, 0.3) is 0 Å². The van der Waals surface area contributed by atoms with E-state index in [-0.39, 0.29) is 10.2 Å². The van der Waals surface area contributed by atoms with Gasteiger partial charge in [-0.05, 0) is 54.0 Å². The van der Waals surface area contributed by atoms with Crippen LogP contribution in [-0.4, -0.2) is 8.42 Å². The molecule has 8 heteroatoms. The summed E-state index contributed by atoms with van der Waals surface area (Å²) in [5.74, 6) is 0.216. The molecule has 0 spiro atoms. The van der Waals surface area contributed by atoms with Crippen LogP contribution in [0.1, 0.15) is 24.5 Å². The molecular formula is C13H14BrFN2O3S. The molecule has 1 aromatic heterocycles. The van der Waals surface area contributed by atoms with Crippen LogP contribution in [0.5, 0.6) is 0 Å². The summed E-state index contributed by atoms with van der Waals surface area (Å²) < 4.78 is 46.2. The first kappa shape index (κ1) is 16.0. The summed E-state index contributed by atoms with van der Waals surface area (Å²) >= 11 is 2.94. The van der Waals surface area contributed by atoms with E-state index < -0.39 is 26.8 Å². The maximum atomic E-state index is 14.0. The summed E-state index contributed by atoms with van der Waals surface area (Å²) in [6, 6.07) is 5.12. The van der Waals surface area contributed by atoms with Crippen LogP contribution in [0.3, 0.4) is 0 Å². The molecule has 0 radical (unpaired) electrons. The number of nitrogens with one attached hydrogen (secondary N) is 1. The van der Waals surface area contributed by atoms with E-state index in [4.69, 9.17) is 10.2 Å². The molecule has 1 unspecified atom stereocenters. The summed E-state index contributed by atoms with van der Waals surface area (Å²) in [6.45, 7) is 3.36. The molecule has 21 heavy (non-hydrogen) atoms. The van der Waals surface area contributed by atoms with E-state index in [1.165, 1.54) is 6.07 Å². The van der Waals surface area contributed by atoms with E-state index in [1.54, 1.807) is 26.0 Å². The first-order chi connectivity index (χ1) is 9.70. The average molecular weight is 377 g/mol. The minimum Gasteiger partial charge on any atom is -0.465 e. The largest absolute Gasteiger partial charge is 0.465 e. The van der Waals surface area contributed by atoms with Crippen molar-refractivity contribution < 1.29 is 17.2 Å². The molecule has 0 amide bonds. The number of furan rings is 1. The lowest BCUT2D eigenvalue weighted by molar-refractivity contribution is 0.440. The van der Waals surface area contributed by atoms with Gasteiger partial charge in [-0.3, -0.25) is 0 Å². The number of benzene rings is 1. The van der Waals surface area contributed by atoms with E-state index in [9.17, 15) is 12.8 Å². The number of aryl methyl sites for hydroxylation is 1. The number of hydrogen-bond donors (Lipinski definition) is 2. The Hall–Kier alpha value is -1.38. The smallest absolute Gasteiger partial charge is 0.244 e. The van der Waals surface area contributed by atoms with E-state index in [0.717, 1.165) is 6.07 Å². The highest BCUT2D eigenvalue weighted by atomic mass is 79.9. The molecule has 1 aromatic carbocycles. The number of nitrogen functional groups attached to an aromatic ring is 1. The van der Waals surface area contributed by atoms with E-state index in [2.05, 4.69) is 20.7 Å². The summed E-state index contributed by atoms with van der Waals surface area (Å²) in [5, 5.41) is 0. The molecule has 0 aliphatic heterocycles. The molecule has 0 fully saturated rings. The van der Waals surface area contributed by atoms with Gasteiger partial charge in [-0.15, -0.1) is 0 Å². The Kier molecular flexibility index (Phi) is 4.40. The summed E-state index contributed by atoms with van der Waals surface area (Å²) in [7, 11) is -4.07. The standard InChI is InChI=1S/C13H14BrFN2O3S/c1-7-3-4-11(20-7)8(2)17-21(18,19)12-6-9(16)5-10(14)13(12)15/h3-6,8,17H,16H2,1-2H3. The van der Waals surface area contributed by atoms with Crippen molar-refractivity contribution in [3.63, 3.8) is 0 Å². The van der Waals surface area contributed by atoms with Gasteiger partial charge in [0, 0.05) is 5.69 Å². The summed E-state index contributed by atoms with van der Waals surface area (Å²) in [6.07, 6.45) is 0. The van der Waals surface area contributed by atoms with Gasteiger partial charge in [0.2, 0.25) is 10.0 Å². The van der Waals surface area contributed by atoms with Crippen LogP contribution in [0.4, 0.5) is 10.1 Å². The highest BCUT2D eigenvalue weighted by molar-refractivity contribution is 9.10. The monoisotopic (exact) mass is 376 g/mol. The molecule has 2 aromatic rings. The Bertz CT molecular complexity index is 774. The van der Waals surface area contributed by atoms with Gasteiger partial charge in [-0.1, -0.05) is 0 Å². The van der Waals surface area contributed by atoms with Crippen LogP contribution in [0.2, 0.25) is 0 Å². The number of halogens is 2. The third-order valence-electron chi connectivity index (χ3n) is 2.83. The van der Waals surface area contributed by atoms with Gasteiger partial charge in [0.1, 0.15) is 16.4 Å². The van der Waals surface area contributed by atoms with Gasteiger partial charge >= 0.3 is 0 Å².